The maximum atomic E-state index is 5.28. The molecule has 1 aromatic carbocycles. The number of rotatable bonds is 1. The van der Waals surface area contributed by atoms with E-state index in [1.807, 2.05) is 12.1 Å². The fourth-order valence-corrected chi connectivity index (χ4v) is 1.71. The molecule has 0 spiro atoms. The van der Waals surface area contributed by atoms with Crippen LogP contribution in [0.3, 0.4) is 0 Å². The monoisotopic (exact) mass is 192 g/mol. The first-order valence-electron chi connectivity index (χ1n) is 4.81. The van der Waals surface area contributed by atoms with Gasteiger partial charge in [0.1, 0.15) is 11.4 Å². The quantitative estimate of drug-likeness (QED) is 0.716. The van der Waals surface area contributed by atoms with Gasteiger partial charge < -0.3 is 15.4 Å². The summed E-state index contributed by atoms with van der Waals surface area (Å²) in [5, 5.41) is 6.85. The lowest BCUT2D eigenvalue weighted by atomic mass is 10.0. The van der Waals surface area contributed by atoms with Crippen LogP contribution in [0.15, 0.2) is 18.2 Å². The molecule has 0 amide bonds. The third-order valence-corrected chi connectivity index (χ3v) is 2.43. The van der Waals surface area contributed by atoms with Crippen LogP contribution in [0.5, 0.6) is 5.75 Å². The number of nitrogens with one attached hydrogen (secondary N) is 2. The van der Waals surface area contributed by atoms with E-state index < -0.39 is 0 Å². The molecule has 2 rings (SSSR count). The molecule has 0 saturated carbocycles. The molecule has 0 atom stereocenters. The summed E-state index contributed by atoms with van der Waals surface area (Å²) in [5.74, 6) is 0.894. The predicted molar refractivity (Wildman–Crippen MR) is 59.2 cm³/mol. The first-order valence-corrected chi connectivity index (χ1v) is 4.81. The summed E-state index contributed by atoms with van der Waals surface area (Å²) in [4.78, 5) is 0. The van der Waals surface area contributed by atoms with Gasteiger partial charge >= 0.3 is 0 Å². The van der Waals surface area contributed by atoms with E-state index in [4.69, 9.17) is 4.74 Å². The minimum absolute atomic E-state index is 0.0966. The van der Waals surface area contributed by atoms with Gasteiger partial charge in [0.2, 0.25) is 0 Å². The van der Waals surface area contributed by atoms with E-state index in [2.05, 4.69) is 30.5 Å². The summed E-state index contributed by atoms with van der Waals surface area (Å²) in [5.41, 5.74) is 2.27. The van der Waals surface area contributed by atoms with Crippen molar-refractivity contribution in [1.82, 2.24) is 0 Å². The van der Waals surface area contributed by atoms with Crippen molar-refractivity contribution in [1.29, 1.82) is 0 Å². The lowest BCUT2D eigenvalue weighted by Gasteiger charge is -2.35. The number of hydrogen-bond donors (Lipinski definition) is 2. The molecule has 1 aromatic rings. The second kappa shape index (κ2) is 3.08. The molecule has 0 aliphatic carbocycles. The largest absolute Gasteiger partial charge is 0.495 e. The average Bonchev–Trinajstić information content (AvgIpc) is 2.15. The minimum Gasteiger partial charge on any atom is -0.495 e. The van der Waals surface area contributed by atoms with Gasteiger partial charge in [-0.1, -0.05) is 6.07 Å². The van der Waals surface area contributed by atoms with E-state index in [-0.39, 0.29) is 5.54 Å². The van der Waals surface area contributed by atoms with Crippen molar-refractivity contribution in [2.45, 2.75) is 19.4 Å². The Morgan fingerprint density at radius 2 is 2.14 bits per heavy atom. The second-order valence-electron chi connectivity index (χ2n) is 4.25. The lowest BCUT2D eigenvalue weighted by Crippen LogP contribution is -2.42. The van der Waals surface area contributed by atoms with E-state index in [1.165, 1.54) is 0 Å². The van der Waals surface area contributed by atoms with E-state index >= 15 is 0 Å². The Bertz CT molecular complexity index is 347. The maximum Gasteiger partial charge on any atom is 0.144 e. The normalized spacial score (nSPS) is 17.6. The molecular formula is C11H16N2O. The van der Waals surface area contributed by atoms with Gasteiger partial charge in [0.15, 0.2) is 0 Å². The third-order valence-electron chi connectivity index (χ3n) is 2.43. The average molecular weight is 192 g/mol. The number of ether oxygens (including phenoxy) is 1. The number of para-hydroxylation sites is 1. The molecule has 1 aliphatic rings. The topological polar surface area (TPSA) is 33.3 Å². The Morgan fingerprint density at radius 1 is 1.36 bits per heavy atom. The van der Waals surface area contributed by atoms with Crippen molar-refractivity contribution in [3.05, 3.63) is 18.2 Å². The maximum absolute atomic E-state index is 5.28. The fraction of sp³-hybridized carbons (Fsp3) is 0.455. The second-order valence-corrected chi connectivity index (χ2v) is 4.25. The third kappa shape index (κ3) is 1.50. The molecule has 0 bridgehead atoms. The molecule has 2 N–H and O–H groups in total. The number of fused-ring (bicyclic) bond motifs is 1. The number of hydrogen-bond acceptors (Lipinski definition) is 3. The van der Waals surface area contributed by atoms with Crippen LogP contribution in [-0.4, -0.2) is 19.2 Å². The van der Waals surface area contributed by atoms with Crippen molar-refractivity contribution in [2.24, 2.45) is 0 Å². The molecule has 76 valence electrons. The Labute approximate surface area is 84.5 Å². The fourth-order valence-electron chi connectivity index (χ4n) is 1.71. The van der Waals surface area contributed by atoms with Crippen LogP contribution < -0.4 is 15.4 Å². The van der Waals surface area contributed by atoms with Gasteiger partial charge in [-0.25, -0.2) is 0 Å². The molecule has 14 heavy (non-hydrogen) atoms. The van der Waals surface area contributed by atoms with Gasteiger partial charge in [-0.3, -0.25) is 0 Å². The Balaban J connectivity index is 2.40. The summed E-state index contributed by atoms with van der Waals surface area (Å²) < 4.78 is 5.28. The van der Waals surface area contributed by atoms with Crippen molar-refractivity contribution in [3.63, 3.8) is 0 Å². The predicted octanol–water partition coefficient (Wildman–Crippen LogP) is 2.31. The molecule has 3 nitrogen and oxygen atoms in total. The highest BCUT2D eigenvalue weighted by Gasteiger charge is 2.25. The van der Waals surface area contributed by atoms with Crippen LogP contribution in [0.4, 0.5) is 11.4 Å². The van der Waals surface area contributed by atoms with Crippen LogP contribution in [0.25, 0.3) is 0 Å². The van der Waals surface area contributed by atoms with Crippen molar-refractivity contribution in [3.8, 4) is 5.75 Å². The molecule has 1 heterocycles. The van der Waals surface area contributed by atoms with Crippen molar-refractivity contribution >= 4 is 11.4 Å². The van der Waals surface area contributed by atoms with E-state index in [0.29, 0.717) is 0 Å². The van der Waals surface area contributed by atoms with E-state index in [9.17, 15) is 0 Å². The van der Waals surface area contributed by atoms with Gasteiger partial charge in [0.25, 0.3) is 0 Å². The molecule has 0 aromatic heterocycles. The number of methoxy groups -OCH3 is 1. The Morgan fingerprint density at radius 3 is 2.86 bits per heavy atom. The highest BCUT2D eigenvalue weighted by atomic mass is 16.5. The highest BCUT2D eigenvalue weighted by Crippen LogP contribution is 2.37. The molecule has 3 heteroatoms. The van der Waals surface area contributed by atoms with Crippen LogP contribution in [-0.2, 0) is 0 Å². The Hall–Kier alpha value is -1.38. The summed E-state index contributed by atoms with van der Waals surface area (Å²) in [6, 6.07) is 6.02. The van der Waals surface area contributed by atoms with Crippen LogP contribution in [0.1, 0.15) is 13.8 Å². The highest BCUT2D eigenvalue weighted by molar-refractivity contribution is 5.78. The summed E-state index contributed by atoms with van der Waals surface area (Å²) in [6.45, 7) is 5.24. The minimum atomic E-state index is 0.0966. The molecule has 0 radical (unpaired) electrons. The summed E-state index contributed by atoms with van der Waals surface area (Å²) in [6.07, 6.45) is 0. The van der Waals surface area contributed by atoms with Crippen LogP contribution in [0.2, 0.25) is 0 Å². The first kappa shape index (κ1) is 9.19. The summed E-state index contributed by atoms with van der Waals surface area (Å²) >= 11 is 0. The number of anilines is 2. The van der Waals surface area contributed by atoms with Crippen molar-refractivity contribution in [2.75, 3.05) is 24.3 Å². The standard InChI is InChI=1S/C11H16N2O/c1-11(2)7-12-10-8(13-11)5-4-6-9(10)14-3/h4-6,12-13H,7H2,1-3H3. The zero-order chi connectivity index (χ0) is 10.2. The van der Waals surface area contributed by atoms with Gasteiger partial charge in [0.05, 0.1) is 12.8 Å². The summed E-state index contributed by atoms with van der Waals surface area (Å²) in [7, 11) is 1.69. The van der Waals surface area contributed by atoms with Crippen LogP contribution >= 0.6 is 0 Å². The molecule has 0 saturated heterocycles. The Kier molecular flexibility index (Phi) is 2.02. The van der Waals surface area contributed by atoms with E-state index in [1.54, 1.807) is 7.11 Å². The molecule has 1 aliphatic heterocycles. The van der Waals surface area contributed by atoms with Gasteiger partial charge in [-0.2, -0.15) is 0 Å². The molecule has 0 fully saturated rings. The lowest BCUT2D eigenvalue weighted by molar-refractivity contribution is 0.415. The SMILES string of the molecule is COc1cccc2c1NCC(C)(C)N2. The van der Waals surface area contributed by atoms with Crippen molar-refractivity contribution < 1.29 is 4.74 Å². The zero-order valence-corrected chi connectivity index (χ0v) is 8.85. The van der Waals surface area contributed by atoms with Crippen LogP contribution in [0, 0.1) is 0 Å². The van der Waals surface area contributed by atoms with Gasteiger partial charge in [-0.05, 0) is 26.0 Å². The molecular weight excluding hydrogens is 176 g/mol. The van der Waals surface area contributed by atoms with Gasteiger partial charge in [-0.15, -0.1) is 0 Å². The molecule has 0 unspecified atom stereocenters. The zero-order valence-electron chi connectivity index (χ0n) is 8.85. The number of benzene rings is 1. The van der Waals surface area contributed by atoms with E-state index in [0.717, 1.165) is 23.7 Å². The smallest absolute Gasteiger partial charge is 0.144 e. The first-order chi connectivity index (χ1) is 6.62. The van der Waals surface area contributed by atoms with Gasteiger partial charge in [0, 0.05) is 12.1 Å².